The van der Waals surface area contributed by atoms with Gasteiger partial charge in [-0.15, -0.1) is 0 Å². The van der Waals surface area contributed by atoms with Crippen molar-refractivity contribution in [2.24, 2.45) is 0 Å². The third-order valence-electron chi connectivity index (χ3n) is 1.94. The summed E-state index contributed by atoms with van der Waals surface area (Å²) in [6, 6.07) is 0. The maximum Gasteiger partial charge on any atom is 0.180 e. The van der Waals surface area contributed by atoms with Crippen molar-refractivity contribution in [1.29, 1.82) is 0 Å². The molecule has 0 saturated heterocycles. The highest BCUT2D eigenvalue weighted by Crippen LogP contribution is 2.16. The van der Waals surface area contributed by atoms with Crippen molar-refractivity contribution in [2.45, 2.75) is 0 Å². The summed E-state index contributed by atoms with van der Waals surface area (Å²) in [5.74, 6) is 1.88. The number of nitrogens with one attached hydrogen (secondary N) is 1. The van der Waals surface area contributed by atoms with Crippen molar-refractivity contribution < 1.29 is 0 Å². The maximum atomic E-state index is 4.36. The van der Waals surface area contributed by atoms with Crippen LogP contribution in [0, 0.1) is 0 Å². The fraction of sp³-hybridized carbons (Fsp3) is 0.333. The summed E-state index contributed by atoms with van der Waals surface area (Å²) < 4.78 is 2.75. The van der Waals surface area contributed by atoms with Crippen molar-refractivity contribution in [3.8, 4) is 0 Å². The molecule has 0 radical (unpaired) electrons. The van der Waals surface area contributed by atoms with Gasteiger partial charge in [-0.1, -0.05) is 0 Å². The van der Waals surface area contributed by atoms with Crippen molar-refractivity contribution in [2.75, 3.05) is 23.9 Å². The Morgan fingerprint density at radius 3 is 3.27 bits per heavy atom. The molecule has 0 bridgehead atoms. The highest BCUT2D eigenvalue weighted by atomic mass is 79.9. The Bertz CT molecular complexity index is 456. The molecule has 0 saturated carbocycles. The molecule has 0 unspecified atom stereocenters. The zero-order valence-corrected chi connectivity index (χ0v) is 10.7. The summed E-state index contributed by atoms with van der Waals surface area (Å²) in [7, 11) is 0. The lowest BCUT2D eigenvalue weighted by molar-refractivity contribution is 1.08. The molecule has 2 aromatic heterocycles. The summed E-state index contributed by atoms with van der Waals surface area (Å²) in [5, 5.41) is 3.27. The first-order chi connectivity index (χ1) is 7.31. The van der Waals surface area contributed by atoms with Gasteiger partial charge in [0.05, 0.1) is 0 Å². The summed E-state index contributed by atoms with van der Waals surface area (Å²) in [6.45, 7) is 0.896. The van der Waals surface area contributed by atoms with Gasteiger partial charge in [0.25, 0.3) is 0 Å². The predicted molar refractivity (Wildman–Crippen MR) is 67.6 cm³/mol. The fourth-order valence-electron chi connectivity index (χ4n) is 1.29. The van der Waals surface area contributed by atoms with Gasteiger partial charge in [0.2, 0.25) is 0 Å². The van der Waals surface area contributed by atoms with Gasteiger partial charge in [0.15, 0.2) is 11.5 Å². The van der Waals surface area contributed by atoms with E-state index in [1.165, 1.54) is 0 Å². The van der Waals surface area contributed by atoms with Crippen LogP contribution < -0.4 is 5.32 Å². The van der Waals surface area contributed by atoms with Crippen LogP contribution in [0.5, 0.6) is 0 Å². The Labute approximate surface area is 101 Å². The Kier molecular flexibility index (Phi) is 3.48. The normalized spacial score (nSPS) is 10.8. The monoisotopic (exact) mass is 286 g/mol. The smallest absolute Gasteiger partial charge is 0.180 e. The minimum Gasteiger partial charge on any atom is -0.366 e. The van der Waals surface area contributed by atoms with E-state index < -0.39 is 0 Å². The number of halogens is 1. The number of anilines is 1. The first-order valence-corrected chi connectivity index (χ1v) is 6.72. The summed E-state index contributed by atoms with van der Waals surface area (Å²) in [4.78, 5) is 8.61. The van der Waals surface area contributed by atoms with Crippen molar-refractivity contribution in [1.82, 2.24) is 14.4 Å². The molecule has 80 valence electrons. The van der Waals surface area contributed by atoms with E-state index in [0.29, 0.717) is 0 Å². The quantitative estimate of drug-likeness (QED) is 0.876. The van der Waals surface area contributed by atoms with Crippen molar-refractivity contribution in [3.05, 3.63) is 23.2 Å². The minimum atomic E-state index is 0.805. The van der Waals surface area contributed by atoms with Crippen LogP contribution in [0.25, 0.3) is 5.65 Å². The van der Waals surface area contributed by atoms with Gasteiger partial charge in [-0.3, -0.25) is 0 Å². The first-order valence-electron chi connectivity index (χ1n) is 4.53. The minimum absolute atomic E-state index is 0.805. The number of hydrogen-bond acceptors (Lipinski definition) is 4. The number of imidazole rings is 1. The predicted octanol–water partition coefficient (Wildman–Crippen LogP) is 2.27. The lowest BCUT2D eigenvalue weighted by Gasteiger charge is -2.06. The zero-order chi connectivity index (χ0) is 10.7. The summed E-state index contributed by atoms with van der Waals surface area (Å²) >= 11 is 5.18. The van der Waals surface area contributed by atoms with Crippen LogP contribution in [0.3, 0.4) is 0 Å². The Hall–Kier alpha value is -0.750. The SMILES string of the molecule is CSCCNc1nc(Br)cn2ccnc12. The van der Waals surface area contributed by atoms with Gasteiger partial charge in [0, 0.05) is 30.9 Å². The molecule has 2 rings (SSSR count). The summed E-state index contributed by atoms with van der Waals surface area (Å²) in [6.07, 6.45) is 7.65. The van der Waals surface area contributed by atoms with E-state index in [2.05, 4.69) is 37.5 Å². The first kappa shape index (κ1) is 10.8. The molecule has 0 atom stereocenters. The van der Waals surface area contributed by atoms with Crippen LogP contribution in [0.15, 0.2) is 23.2 Å². The second-order valence-corrected chi connectivity index (χ2v) is 4.79. The number of nitrogens with zero attached hydrogens (tertiary/aromatic N) is 3. The largest absolute Gasteiger partial charge is 0.366 e. The van der Waals surface area contributed by atoms with Gasteiger partial charge in [0.1, 0.15) is 4.60 Å². The van der Waals surface area contributed by atoms with E-state index in [1.807, 2.05) is 16.8 Å². The molecular formula is C9H11BrN4S. The standard InChI is InChI=1S/C9H11BrN4S/c1-15-5-3-11-8-9-12-2-4-14(9)6-7(10)13-8/h2,4,6H,3,5H2,1H3,(H,11,13). The summed E-state index contributed by atoms with van der Waals surface area (Å²) in [5.41, 5.74) is 0.860. The molecule has 6 heteroatoms. The molecule has 2 heterocycles. The molecule has 4 nitrogen and oxygen atoms in total. The van der Waals surface area contributed by atoms with Crippen LogP contribution in [-0.2, 0) is 0 Å². The maximum absolute atomic E-state index is 4.36. The molecule has 0 aliphatic carbocycles. The van der Waals surface area contributed by atoms with Crippen molar-refractivity contribution >= 4 is 39.2 Å². The second kappa shape index (κ2) is 4.85. The lowest BCUT2D eigenvalue weighted by Crippen LogP contribution is -2.07. The average molecular weight is 287 g/mol. The third-order valence-corrected chi connectivity index (χ3v) is 2.94. The van der Waals surface area contributed by atoms with E-state index in [9.17, 15) is 0 Å². The Balaban J connectivity index is 2.27. The number of rotatable bonds is 4. The fourth-order valence-corrected chi connectivity index (χ4v) is 2.00. The zero-order valence-electron chi connectivity index (χ0n) is 8.27. The van der Waals surface area contributed by atoms with E-state index in [1.54, 1.807) is 18.0 Å². The van der Waals surface area contributed by atoms with Gasteiger partial charge in [-0.05, 0) is 22.2 Å². The van der Waals surface area contributed by atoms with Crippen LogP contribution in [0.4, 0.5) is 5.82 Å². The topological polar surface area (TPSA) is 42.2 Å². The molecule has 0 aliphatic rings. The Morgan fingerprint density at radius 2 is 2.47 bits per heavy atom. The van der Waals surface area contributed by atoms with Crippen LogP contribution >= 0.6 is 27.7 Å². The molecule has 0 fully saturated rings. The second-order valence-electron chi connectivity index (χ2n) is 2.99. The van der Waals surface area contributed by atoms with Crippen LogP contribution in [0.1, 0.15) is 0 Å². The highest BCUT2D eigenvalue weighted by Gasteiger charge is 2.04. The third kappa shape index (κ3) is 2.43. The van der Waals surface area contributed by atoms with Crippen LogP contribution in [-0.4, -0.2) is 32.9 Å². The molecule has 0 spiro atoms. The van der Waals surface area contributed by atoms with Gasteiger partial charge in [-0.25, -0.2) is 9.97 Å². The molecular weight excluding hydrogens is 276 g/mol. The number of fused-ring (bicyclic) bond motifs is 1. The Morgan fingerprint density at radius 1 is 1.60 bits per heavy atom. The number of thioether (sulfide) groups is 1. The van der Waals surface area contributed by atoms with Gasteiger partial charge >= 0.3 is 0 Å². The molecule has 0 amide bonds. The van der Waals surface area contributed by atoms with Gasteiger partial charge < -0.3 is 9.72 Å². The number of aromatic nitrogens is 3. The molecule has 2 aromatic rings. The number of hydrogen-bond donors (Lipinski definition) is 1. The van der Waals surface area contributed by atoms with E-state index in [4.69, 9.17) is 0 Å². The lowest BCUT2D eigenvalue weighted by atomic mass is 10.5. The molecule has 15 heavy (non-hydrogen) atoms. The molecule has 0 aromatic carbocycles. The van der Waals surface area contributed by atoms with Crippen LogP contribution in [0.2, 0.25) is 0 Å². The van der Waals surface area contributed by atoms with Gasteiger partial charge in [-0.2, -0.15) is 11.8 Å². The van der Waals surface area contributed by atoms with E-state index in [-0.39, 0.29) is 0 Å². The molecule has 0 aliphatic heterocycles. The van der Waals surface area contributed by atoms with E-state index in [0.717, 1.165) is 28.4 Å². The van der Waals surface area contributed by atoms with Crippen molar-refractivity contribution in [3.63, 3.8) is 0 Å². The molecule has 1 N–H and O–H groups in total. The highest BCUT2D eigenvalue weighted by molar-refractivity contribution is 9.10. The van der Waals surface area contributed by atoms with E-state index >= 15 is 0 Å². The average Bonchev–Trinajstić information content (AvgIpc) is 2.65.